The largest absolute Gasteiger partial charge is 0.458 e. The second kappa shape index (κ2) is 5.47. The lowest BCUT2D eigenvalue weighted by Crippen LogP contribution is -2.29. The Morgan fingerprint density at radius 1 is 1.33 bits per heavy atom. The van der Waals surface area contributed by atoms with Crippen LogP contribution in [0.3, 0.4) is 0 Å². The predicted molar refractivity (Wildman–Crippen MR) is 85.2 cm³/mol. The molecule has 0 spiro atoms. The summed E-state index contributed by atoms with van der Waals surface area (Å²) in [7, 11) is 0. The molecule has 1 fully saturated rings. The van der Waals surface area contributed by atoms with Gasteiger partial charge in [-0.25, -0.2) is 0 Å². The number of aliphatic hydroxyl groups is 1. The van der Waals surface area contributed by atoms with E-state index in [1.54, 1.807) is 0 Å². The fourth-order valence-corrected chi connectivity index (χ4v) is 3.21. The van der Waals surface area contributed by atoms with E-state index < -0.39 is 6.10 Å². The Balaban J connectivity index is 1.65. The van der Waals surface area contributed by atoms with Gasteiger partial charge in [0.05, 0.1) is 0 Å². The second-order valence-corrected chi connectivity index (χ2v) is 7.31. The standard InChI is InChI=1S/C18H25NO2/c1-18(2,3)14-8-9-19(11-14)12-15(20)17-10-13-6-4-5-7-16(13)21-17/h4-7,10,14-15,20H,8-9,11-12H2,1-3H3. The number of furan rings is 1. The Morgan fingerprint density at radius 2 is 2.10 bits per heavy atom. The number of likely N-dealkylation sites (tertiary alicyclic amines) is 1. The van der Waals surface area contributed by atoms with Crippen LogP contribution >= 0.6 is 0 Å². The maximum absolute atomic E-state index is 10.4. The summed E-state index contributed by atoms with van der Waals surface area (Å²) < 4.78 is 5.76. The molecule has 3 heteroatoms. The number of benzene rings is 1. The van der Waals surface area contributed by atoms with Crippen LogP contribution in [-0.2, 0) is 0 Å². The third-order valence-electron chi connectivity index (χ3n) is 4.70. The van der Waals surface area contributed by atoms with Crippen molar-refractivity contribution in [3.8, 4) is 0 Å². The number of rotatable bonds is 3. The lowest BCUT2D eigenvalue weighted by molar-refractivity contribution is 0.101. The van der Waals surface area contributed by atoms with Crippen LogP contribution in [-0.4, -0.2) is 29.6 Å². The van der Waals surface area contributed by atoms with Gasteiger partial charge in [0.15, 0.2) is 0 Å². The van der Waals surface area contributed by atoms with E-state index in [1.165, 1.54) is 6.42 Å². The predicted octanol–water partition coefficient (Wildman–Crippen LogP) is 3.83. The van der Waals surface area contributed by atoms with Gasteiger partial charge >= 0.3 is 0 Å². The van der Waals surface area contributed by atoms with Gasteiger partial charge in [0.1, 0.15) is 17.4 Å². The van der Waals surface area contributed by atoms with Gasteiger partial charge in [0.25, 0.3) is 0 Å². The first kappa shape index (κ1) is 14.6. The van der Waals surface area contributed by atoms with E-state index in [-0.39, 0.29) is 0 Å². The molecule has 114 valence electrons. The Hall–Kier alpha value is -1.32. The van der Waals surface area contributed by atoms with Gasteiger partial charge < -0.3 is 9.52 Å². The molecule has 0 radical (unpaired) electrons. The molecule has 2 atom stereocenters. The molecule has 1 N–H and O–H groups in total. The number of aliphatic hydroxyl groups excluding tert-OH is 1. The van der Waals surface area contributed by atoms with Crippen LogP contribution in [0.5, 0.6) is 0 Å². The molecule has 2 heterocycles. The quantitative estimate of drug-likeness (QED) is 0.932. The van der Waals surface area contributed by atoms with Gasteiger partial charge in [-0.05, 0) is 36.4 Å². The SMILES string of the molecule is CC(C)(C)C1CCN(CC(O)c2cc3ccccc3o2)C1. The summed E-state index contributed by atoms with van der Waals surface area (Å²) in [6.45, 7) is 9.71. The van der Waals surface area contributed by atoms with Gasteiger partial charge in [-0.3, -0.25) is 4.90 Å². The molecule has 0 saturated carbocycles. The topological polar surface area (TPSA) is 36.6 Å². The average molecular weight is 287 g/mol. The highest BCUT2D eigenvalue weighted by molar-refractivity contribution is 5.77. The maximum atomic E-state index is 10.4. The maximum Gasteiger partial charge on any atom is 0.135 e. The van der Waals surface area contributed by atoms with Crippen molar-refractivity contribution in [2.45, 2.75) is 33.3 Å². The molecule has 1 saturated heterocycles. The lowest BCUT2D eigenvalue weighted by atomic mass is 9.80. The smallest absolute Gasteiger partial charge is 0.135 e. The lowest BCUT2D eigenvalue weighted by Gasteiger charge is -2.27. The summed E-state index contributed by atoms with van der Waals surface area (Å²) in [6, 6.07) is 9.85. The minimum absolute atomic E-state index is 0.346. The van der Waals surface area contributed by atoms with Crippen molar-refractivity contribution in [1.82, 2.24) is 4.90 Å². The van der Waals surface area contributed by atoms with E-state index in [9.17, 15) is 5.11 Å². The summed E-state index contributed by atoms with van der Waals surface area (Å²) in [4.78, 5) is 2.35. The van der Waals surface area contributed by atoms with Crippen LogP contribution in [0.4, 0.5) is 0 Å². The molecule has 0 bridgehead atoms. The van der Waals surface area contributed by atoms with Crippen LogP contribution in [0.25, 0.3) is 11.0 Å². The first-order valence-electron chi connectivity index (χ1n) is 7.82. The van der Waals surface area contributed by atoms with Gasteiger partial charge in [-0.2, -0.15) is 0 Å². The number of fused-ring (bicyclic) bond motifs is 1. The van der Waals surface area contributed by atoms with E-state index >= 15 is 0 Å². The molecule has 0 amide bonds. The molecule has 21 heavy (non-hydrogen) atoms. The number of β-amino-alcohol motifs (C(OH)–C–C–N with tert-alkyl or cyclic N) is 1. The highest BCUT2D eigenvalue weighted by Crippen LogP contribution is 2.34. The van der Waals surface area contributed by atoms with Gasteiger partial charge in [0.2, 0.25) is 0 Å². The Labute approximate surface area is 126 Å². The third kappa shape index (κ3) is 3.14. The van der Waals surface area contributed by atoms with Gasteiger partial charge in [-0.1, -0.05) is 39.0 Å². The van der Waals surface area contributed by atoms with Gasteiger partial charge in [-0.15, -0.1) is 0 Å². The zero-order chi connectivity index (χ0) is 15.0. The molecule has 3 nitrogen and oxygen atoms in total. The van der Waals surface area contributed by atoms with Crippen LogP contribution in [0.2, 0.25) is 0 Å². The number of para-hydroxylation sites is 1. The summed E-state index contributed by atoms with van der Waals surface area (Å²) in [6.07, 6.45) is 0.673. The Bertz CT molecular complexity index is 578. The number of nitrogens with zero attached hydrogens (tertiary/aromatic N) is 1. The van der Waals surface area contributed by atoms with Crippen molar-refractivity contribution in [2.75, 3.05) is 19.6 Å². The summed E-state index contributed by atoms with van der Waals surface area (Å²) >= 11 is 0. The molecule has 0 aliphatic carbocycles. The number of hydrogen-bond donors (Lipinski definition) is 1. The fraction of sp³-hybridized carbons (Fsp3) is 0.556. The molecule has 3 rings (SSSR count). The van der Waals surface area contributed by atoms with E-state index in [2.05, 4.69) is 25.7 Å². The third-order valence-corrected chi connectivity index (χ3v) is 4.70. The Kier molecular flexibility index (Phi) is 3.80. The first-order chi connectivity index (χ1) is 9.93. The van der Waals surface area contributed by atoms with Crippen molar-refractivity contribution in [2.24, 2.45) is 11.3 Å². The summed E-state index contributed by atoms with van der Waals surface area (Å²) in [5.41, 5.74) is 1.19. The molecule has 1 aliphatic rings. The van der Waals surface area contributed by atoms with E-state index in [0.29, 0.717) is 23.6 Å². The van der Waals surface area contributed by atoms with Crippen LogP contribution < -0.4 is 0 Å². The fourth-order valence-electron chi connectivity index (χ4n) is 3.21. The normalized spacial score (nSPS) is 22.0. The van der Waals surface area contributed by atoms with E-state index in [1.807, 2.05) is 30.3 Å². The van der Waals surface area contributed by atoms with E-state index in [0.717, 1.165) is 24.1 Å². The monoisotopic (exact) mass is 287 g/mol. The van der Waals surface area contributed by atoms with Crippen molar-refractivity contribution >= 4 is 11.0 Å². The number of hydrogen-bond acceptors (Lipinski definition) is 3. The molecule has 1 aromatic heterocycles. The molecule has 2 aromatic rings. The highest BCUT2D eigenvalue weighted by Gasteiger charge is 2.32. The van der Waals surface area contributed by atoms with E-state index in [4.69, 9.17) is 4.42 Å². The van der Waals surface area contributed by atoms with Crippen LogP contribution in [0, 0.1) is 11.3 Å². The minimum Gasteiger partial charge on any atom is -0.458 e. The molecular formula is C18H25NO2. The van der Waals surface area contributed by atoms with Crippen LogP contribution in [0.1, 0.15) is 39.1 Å². The molecule has 1 aliphatic heterocycles. The minimum atomic E-state index is -0.545. The second-order valence-electron chi connectivity index (χ2n) is 7.31. The van der Waals surface area contributed by atoms with Crippen LogP contribution in [0.15, 0.2) is 34.7 Å². The molecule has 1 aromatic carbocycles. The Morgan fingerprint density at radius 3 is 2.76 bits per heavy atom. The average Bonchev–Trinajstić information content (AvgIpc) is 3.03. The first-order valence-corrected chi connectivity index (χ1v) is 7.82. The zero-order valence-corrected chi connectivity index (χ0v) is 13.2. The van der Waals surface area contributed by atoms with Crippen molar-refractivity contribution in [3.63, 3.8) is 0 Å². The van der Waals surface area contributed by atoms with Gasteiger partial charge in [0, 0.05) is 18.5 Å². The summed E-state index contributed by atoms with van der Waals surface area (Å²) in [5.74, 6) is 1.38. The highest BCUT2D eigenvalue weighted by atomic mass is 16.4. The molecule has 2 unspecified atom stereocenters. The van der Waals surface area contributed by atoms with Crippen molar-refractivity contribution in [1.29, 1.82) is 0 Å². The summed E-state index contributed by atoms with van der Waals surface area (Å²) in [5, 5.41) is 11.5. The zero-order valence-electron chi connectivity index (χ0n) is 13.2. The van der Waals surface area contributed by atoms with Crippen molar-refractivity contribution in [3.05, 3.63) is 36.1 Å². The van der Waals surface area contributed by atoms with Crippen molar-refractivity contribution < 1.29 is 9.52 Å². The molecular weight excluding hydrogens is 262 g/mol.